The van der Waals surface area contributed by atoms with Gasteiger partial charge in [-0.3, -0.25) is 4.79 Å². The van der Waals surface area contributed by atoms with E-state index in [4.69, 9.17) is 0 Å². The number of hydrogen-bond acceptors (Lipinski definition) is 3. The first-order valence-electron chi connectivity index (χ1n) is 2.43. The van der Waals surface area contributed by atoms with Crippen molar-refractivity contribution < 1.29 is 9.32 Å². The van der Waals surface area contributed by atoms with E-state index >= 15 is 0 Å². The van der Waals surface area contributed by atoms with Gasteiger partial charge in [0.15, 0.2) is 0 Å². The Balaban J connectivity index is 2.38. The first kappa shape index (κ1) is 5.81. The number of carbonyl (C=O) groups excluding carboxylic acids is 1. The SMILES string of the molecule is O=[C]NCc1ccon1. The molecule has 1 aromatic heterocycles. The van der Waals surface area contributed by atoms with E-state index in [1.807, 2.05) is 0 Å². The molecule has 0 aromatic carbocycles. The molecule has 1 N–H and O–H groups in total. The lowest BCUT2D eigenvalue weighted by Gasteiger charge is -1.86. The van der Waals surface area contributed by atoms with Gasteiger partial charge in [0.25, 0.3) is 0 Å². The molecule has 1 radical (unpaired) electrons. The Morgan fingerprint density at radius 1 is 1.89 bits per heavy atom. The number of rotatable bonds is 3. The second kappa shape index (κ2) is 2.86. The zero-order valence-corrected chi connectivity index (χ0v) is 4.63. The Hall–Kier alpha value is -1.32. The molecule has 0 spiro atoms. The molecule has 0 fully saturated rings. The number of nitrogens with one attached hydrogen (secondary N) is 1. The van der Waals surface area contributed by atoms with E-state index < -0.39 is 0 Å². The summed E-state index contributed by atoms with van der Waals surface area (Å²) in [5, 5.41) is 5.86. The standard InChI is InChI=1S/C5H5N2O2/c8-4-6-3-5-1-2-9-7-5/h1-2H,3H2,(H,6,8). The lowest BCUT2D eigenvalue weighted by molar-refractivity contribution is 0.410. The zero-order chi connectivity index (χ0) is 6.53. The average molecular weight is 125 g/mol. The maximum atomic E-state index is 9.61. The van der Waals surface area contributed by atoms with E-state index in [2.05, 4.69) is 15.0 Å². The van der Waals surface area contributed by atoms with Crippen molar-refractivity contribution in [2.45, 2.75) is 6.54 Å². The lowest BCUT2D eigenvalue weighted by atomic mass is 10.4. The maximum Gasteiger partial charge on any atom is 0.309 e. The van der Waals surface area contributed by atoms with Crippen molar-refractivity contribution in [3.05, 3.63) is 18.0 Å². The number of hydrogen-bond donors (Lipinski definition) is 1. The van der Waals surface area contributed by atoms with Gasteiger partial charge in [-0.2, -0.15) is 0 Å². The molecule has 1 rings (SSSR count). The monoisotopic (exact) mass is 125 g/mol. The molecule has 0 aliphatic carbocycles. The van der Waals surface area contributed by atoms with Crippen LogP contribution in [0.25, 0.3) is 0 Å². The molecule has 0 unspecified atom stereocenters. The Kier molecular flexibility index (Phi) is 1.85. The molecular weight excluding hydrogens is 120 g/mol. The predicted octanol–water partition coefficient (Wildman–Crippen LogP) is -0.169. The molecule has 4 heteroatoms. The molecule has 0 saturated heterocycles. The number of aromatic nitrogens is 1. The highest BCUT2D eigenvalue weighted by atomic mass is 16.5. The van der Waals surface area contributed by atoms with Crippen molar-refractivity contribution in [2.24, 2.45) is 0 Å². The minimum Gasteiger partial charge on any atom is -0.364 e. The van der Waals surface area contributed by atoms with Gasteiger partial charge in [0.1, 0.15) is 12.0 Å². The molecule has 9 heavy (non-hydrogen) atoms. The van der Waals surface area contributed by atoms with Crippen molar-refractivity contribution in [3.8, 4) is 0 Å². The summed E-state index contributed by atoms with van der Waals surface area (Å²) in [6, 6.07) is 1.67. The third-order valence-corrected chi connectivity index (χ3v) is 0.833. The fourth-order valence-electron chi connectivity index (χ4n) is 0.455. The highest BCUT2D eigenvalue weighted by molar-refractivity contribution is 5.46. The van der Waals surface area contributed by atoms with Gasteiger partial charge in [-0.05, 0) is 0 Å². The van der Waals surface area contributed by atoms with E-state index in [-0.39, 0.29) is 0 Å². The summed E-state index contributed by atoms with van der Waals surface area (Å²) in [5.74, 6) is 0. The first-order chi connectivity index (χ1) is 4.43. The Morgan fingerprint density at radius 2 is 2.78 bits per heavy atom. The van der Waals surface area contributed by atoms with E-state index in [1.54, 1.807) is 6.07 Å². The van der Waals surface area contributed by atoms with Gasteiger partial charge in [0.2, 0.25) is 0 Å². The van der Waals surface area contributed by atoms with Crippen LogP contribution in [0.15, 0.2) is 16.9 Å². The van der Waals surface area contributed by atoms with Crippen LogP contribution in [0.5, 0.6) is 0 Å². The first-order valence-corrected chi connectivity index (χ1v) is 2.43. The summed E-state index contributed by atoms with van der Waals surface area (Å²) in [6.07, 6.45) is 2.97. The predicted molar refractivity (Wildman–Crippen MR) is 29.0 cm³/mol. The van der Waals surface area contributed by atoms with Crippen LogP contribution in [-0.2, 0) is 11.3 Å². The van der Waals surface area contributed by atoms with Crippen molar-refractivity contribution in [3.63, 3.8) is 0 Å². The van der Waals surface area contributed by atoms with Gasteiger partial charge in [-0.15, -0.1) is 0 Å². The smallest absolute Gasteiger partial charge is 0.309 e. The minimum atomic E-state index is 0.375. The van der Waals surface area contributed by atoms with Crippen LogP contribution in [0.1, 0.15) is 5.69 Å². The van der Waals surface area contributed by atoms with Gasteiger partial charge in [-0.1, -0.05) is 5.16 Å². The van der Waals surface area contributed by atoms with Crippen molar-refractivity contribution in [1.29, 1.82) is 0 Å². The van der Waals surface area contributed by atoms with Crippen LogP contribution < -0.4 is 5.32 Å². The topological polar surface area (TPSA) is 55.1 Å². The normalized spacial score (nSPS) is 8.89. The zero-order valence-electron chi connectivity index (χ0n) is 4.63. The van der Waals surface area contributed by atoms with Crippen LogP contribution in [0.4, 0.5) is 0 Å². The fraction of sp³-hybridized carbons (Fsp3) is 0.200. The maximum absolute atomic E-state index is 9.61. The van der Waals surface area contributed by atoms with Crippen LogP contribution in [0.3, 0.4) is 0 Å². The van der Waals surface area contributed by atoms with Crippen molar-refractivity contribution in [1.82, 2.24) is 10.5 Å². The fourth-order valence-corrected chi connectivity index (χ4v) is 0.455. The molecule has 0 saturated carbocycles. The summed E-state index contributed by atoms with van der Waals surface area (Å²) < 4.78 is 4.49. The Labute approximate surface area is 51.8 Å². The van der Waals surface area contributed by atoms with Crippen LogP contribution in [0.2, 0.25) is 0 Å². The van der Waals surface area contributed by atoms with Crippen LogP contribution >= 0.6 is 0 Å². The third-order valence-electron chi connectivity index (χ3n) is 0.833. The average Bonchev–Trinajstić information content (AvgIpc) is 2.34. The second-order valence-corrected chi connectivity index (χ2v) is 1.45. The summed E-state index contributed by atoms with van der Waals surface area (Å²) in [5.41, 5.74) is 0.693. The van der Waals surface area contributed by atoms with E-state index in [1.165, 1.54) is 12.7 Å². The second-order valence-electron chi connectivity index (χ2n) is 1.45. The highest BCUT2D eigenvalue weighted by Gasteiger charge is 1.91. The molecule has 47 valence electrons. The summed E-state index contributed by atoms with van der Waals surface area (Å²) in [7, 11) is 0. The van der Waals surface area contributed by atoms with Gasteiger partial charge < -0.3 is 9.84 Å². The molecule has 1 heterocycles. The molecule has 4 nitrogen and oxygen atoms in total. The van der Waals surface area contributed by atoms with Crippen LogP contribution in [-0.4, -0.2) is 11.6 Å². The number of amides is 1. The van der Waals surface area contributed by atoms with Crippen LogP contribution in [0, 0.1) is 0 Å². The van der Waals surface area contributed by atoms with Crippen molar-refractivity contribution in [2.75, 3.05) is 0 Å². The highest BCUT2D eigenvalue weighted by Crippen LogP contribution is 1.90. The molecule has 0 aliphatic rings. The Bertz CT molecular complexity index is 171. The summed E-state index contributed by atoms with van der Waals surface area (Å²) in [4.78, 5) is 9.61. The molecule has 0 aliphatic heterocycles. The lowest BCUT2D eigenvalue weighted by Crippen LogP contribution is -2.09. The third kappa shape index (κ3) is 1.56. The van der Waals surface area contributed by atoms with Gasteiger partial charge in [0, 0.05) is 6.07 Å². The minimum absolute atomic E-state index is 0.375. The molecule has 0 atom stereocenters. The van der Waals surface area contributed by atoms with E-state index in [9.17, 15) is 4.79 Å². The van der Waals surface area contributed by atoms with Crippen molar-refractivity contribution >= 4 is 6.41 Å². The van der Waals surface area contributed by atoms with Gasteiger partial charge in [-0.25, -0.2) is 0 Å². The Morgan fingerprint density at radius 3 is 3.33 bits per heavy atom. The molecule has 0 bridgehead atoms. The molecule has 1 amide bonds. The quantitative estimate of drug-likeness (QED) is 0.570. The summed E-state index contributed by atoms with van der Waals surface area (Å²) in [6.45, 7) is 0.375. The van der Waals surface area contributed by atoms with Gasteiger partial charge >= 0.3 is 6.41 Å². The summed E-state index contributed by atoms with van der Waals surface area (Å²) >= 11 is 0. The van der Waals surface area contributed by atoms with E-state index in [0.717, 1.165) is 0 Å². The molecule has 1 aromatic rings. The van der Waals surface area contributed by atoms with E-state index in [0.29, 0.717) is 12.2 Å². The van der Waals surface area contributed by atoms with Gasteiger partial charge in [0.05, 0.1) is 6.54 Å². The number of nitrogens with zero attached hydrogens (tertiary/aromatic N) is 1. The largest absolute Gasteiger partial charge is 0.364 e. The molecular formula is C5H5N2O2.